The summed E-state index contributed by atoms with van der Waals surface area (Å²) in [5.41, 5.74) is 3.50. The summed E-state index contributed by atoms with van der Waals surface area (Å²) >= 11 is 4.95. The lowest BCUT2D eigenvalue weighted by molar-refractivity contribution is 0.347. The van der Waals surface area contributed by atoms with Gasteiger partial charge in [-0.05, 0) is 102 Å². The molecule has 17 heavy (non-hydrogen) atoms. The lowest BCUT2D eigenvalue weighted by atomic mass is 9.73. The molecule has 0 nitrogen and oxygen atoms in total. The van der Waals surface area contributed by atoms with Gasteiger partial charge in [-0.15, -0.1) is 0 Å². The molecule has 1 unspecified atom stereocenters. The third kappa shape index (κ3) is 1.90. The summed E-state index contributed by atoms with van der Waals surface area (Å²) in [6.45, 7) is 4.83. The summed E-state index contributed by atoms with van der Waals surface area (Å²) < 4.78 is 2.92. The Balaban J connectivity index is 2.18. The standard InChI is InChI=1S/C15H16I2/c1-15(2)13-7-9(16)3-5-11(13)12-6-4-10(17)8-14(12)15/h3,5,7-8,12,14H,4,6H2,1-2H3/t12?,14-/m0/s1. The monoisotopic (exact) mass is 450 g/mol. The van der Waals surface area contributed by atoms with Crippen LogP contribution in [0.4, 0.5) is 0 Å². The highest BCUT2D eigenvalue weighted by atomic mass is 127. The van der Waals surface area contributed by atoms with Gasteiger partial charge in [-0.25, -0.2) is 0 Å². The number of allylic oxidation sites excluding steroid dienone is 2. The molecule has 3 rings (SSSR count). The third-order valence-corrected chi connectivity index (χ3v) is 6.00. The summed E-state index contributed by atoms with van der Waals surface area (Å²) in [4.78, 5) is 0. The molecule has 0 fully saturated rings. The Labute approximate surface area is 131 Å². The Hall–Kier alpha value is 0.420. The van der Waals surface area contributed by atoms with Gasteiger partial charge in [0.1, 0.15) is 0 Å². The molecule has 0 radical (unpaired) electrons. The van der Waals surface area contributed by atoms with Crippen LogP contribution in [0.1, 0.15) is 43.7 Å². The van der Waals surface area contributed by atoms with Crippen LogP contribution in [0, 0.1) is 9.49 Å². The Morgan fingerprint density at radius 1 is 1.24 bits per heavy atom. The molecule has 2 atom stereocenters. The fourth-order valence-corrected chi connectivity index (χ4v) is 4.71. The molecule has 2 aliphatic carbocycles. The molecule has 0 aliphatic heterocycles. The van der Waals surface area contributed by atoms with E-state index in [0.717, 1.165) is 5.92 Å². The van der Waals surface area contributed by atoms with E-state index in [1.54, 1.807) is 14.7 Å². The molecule has 1 aromatic carbocycles. The van der Waals surface area contributed by atoms with E-state index in [0.29, 0.717) is 11.3 Å². The quantitative estimate of drug-likeness (QED) is 0.465. The van der Waals surface area contributed by atoms with Gasteiger partial charge in [0.05, 0.1) is 0 Å². The molecular weight excluding hydrogens is 434 g/mol. The van der Waals surface area contributed by atoms with Crippen LogP contribution < -0.4 is 0 Å². The largest absolute Gasteiger partial charge is 0.0706 e. The van der Waals surface area contributed by atoms with Crippen molar-refractivity contribution in [3.8, 4) is 0 Å². The first kappa shape index (κ1) is 12.5. The number of rotatable bonds is 0. The van der Waals surface area contributed by atoms with Gasteiger partial charge in [-0.3, -0.25) is 0 Å². The van der Waals surface area contributed by atoms with Crippen molar-refractivity contribution in [1.82, 2.24) is 0 Å². The minimum absolute atomic E-state index is 0.304. The minimum Gasteiger partial charge on any atom is -0.0706 e. The molecule has 2 aliphatic rings. The van der Waals surface area contributed by atoms with Crippen molar-refractivity contribution in [1.29, 1.82) is 0 Å². The smallest absolute Gasteiger partial charge is 0.0133 e. The SMILES string of the molecule is CC1(C)c2cc(I)ccc2C2CCC(I)=C[C@@H]21. The third-order valence-electron chi connectivity index (χ3n) is 4.43. The Morgan fingerprint density at radius 2 is 2.00 bits per heavy atom. The van der Waals surface area contributed by atoms with Gasteiger partial charge >= 0.3 is 0 Å². The minimum atomic E-state index is 0.304. The summed E-state index contributed by atoms with van der Waals surface area (Å²) in [6.07, 6.45) is 5.13. The van der Waals surface area contributed by atoms with Crippen LogP contribution in [-0.4, -0.2) is 0 Å². The fourth-order valence-electron chi connectivity index (χ4n) is 3.52. The Morgan fingerprint density at radius 3 is 2.76 bits per heavy atom. The summed E-state index contributed by atoms with van der Waals surface area (Å²) in [7, 11) is 0. The van der Waals surface area contributed by atoms with Gasteiger partial charge in [-0.2, -0.15) is 0 Å². The highest BCUT2D eigenvalue weighted by Gasteiger charge is 2.46. The van der Waals surface area contributed by atoms with Gasteiger partial charge in [0.25, 0.3) is 0 Å². The average molecular weight is 450 g/mol. The molecule has 0 aromatic heterocycles. The molecule has 0 N–H and O–H groups in total. The molecule has 90 valence electrons. The topological polar surface area (TPSA) is 0 Å². The Kier molecular flexibility index (Phi) is 3.09. The van der Waals surface area contributed by atoms with Gasteiger partial charge in [0.2, 0.25) is 0 Å². The number of benzene rings is 1. The van der Waals surface area contributed by atoms with Crippen LogP contribution in [0.2, 0.25) is 0 Å². The lowest BCUT2D eigenvalue weighted by Gasteiger charge is -2.32. The van der Waals surface area contributed by atoms with Crippen molar-refractivity contribution < 1.29 is 0 Å². The van der Waals surface area contributed by atoms with E-state index in [4.69, 9.17) is 0 Å². The lowest BCUT2D eigenvalue weighted by Crippen LogP contribution is -2.26. The molecule has 0 bridgehead atoms. The van der Waals surface area contributed by atoms with Gasteiger partial charge in [0, 0.05) is 3.57 Å². The van der Waals surface area contributed by atoms with Gasteiger partial charge in [0.15, 0.2) is 0 Å². The molecule has 0 heterocycles. The predicted molar refractivity (Wildman–Crippen MR) is 89.8 cm³/mol. The van der Waals surface area contributed by atoms with E-state index in [2.05, 4.69) is 83.3 Å². The van der Waals surface area contributed by atoms with E-state index in [1.807, 2.05) is 0 Å². The molecule has 0 saturated carbocycles. The summed E-state index contributed by atoms with van der Waals surface area (Å²) in [5.74, 6) is 1.46. The predicted octanol–water partition coefficient (Wildman–Crippen LogP) is 5.39. The van der Waals surface area contributed by atoms with Crippen LogP contribution in [0.5, 0.6) is 0 Å². The van der Waals surface area contributed by atoms with Crippen molar-refractivity contribution in [2.45, 2.75) is 38.0 Å². The zero-order chi connectivity index (χ0) is 12.2. The number of halogens is 2. The second-order valence-corrected chi connectivity index (χ2v) is 8.37. The van der Waals surface area contributed by atoms with E-state index in [-0.39, 0.29) is 0 Å². The van der Waals surface area contributed by atoms with Crippen LogP contribution in [0.15, 0.2) is 27.9 Å². The highest BCUT2D eigenvalue weighted by molar-refractivity contribution is 14.1. The number of hydrogen-bond donors (Lipinski definition) is 0. The molecular formula is C15H16I2. The summed E-state index contributed by atoms with van der Waals surface area (Å²) in [5, 5.41) is 0. The van der Waals surface area contributed by atoms with E-state index in [9.17, 15) is 0 Å². The highest BCUT2D eigenvalue weighted by Crippen LogP contribution is 2.55. The average Bonchev–Trinajstić information content (AvgIpc) is 2.49. The molecule has 0 amide bonds. The number of hydrogen-bond acceptors (Lipinski definition) is 0. The maximum absolute atomic E-state index is 2.53. The maximum atomic E-state index is 2.53. The molecule has 0 spiro atoms. The molecule has 2 heteroatoms. The maximum Gasteiger partial charge on any atom is 0.0133 e. The Bertz CT molecular complexity index is 500. The zero-order valence-corrected chi connectivity index (χ0v) is 14.4. The first-order valence-corrected chi connectivity index (χ1v) is 8.32. The molecule has 1 aromatic rings. The van der Waals surface area contributed by atoms with E-state index in [1.165, 1.54) is 16.4 Å². The fraction of sp³-hybridized carbons (Fsp3) is 0.467. The van der Waals surface area contributed by atoms with Crippen molar-refractivity contribution in [3.63, 3.8) is 0 Å². The van der Waals surface area contributed by atoms with Crippen molar-refractivity contribution in [2.75, 3.05) is 0 Å². The first-order valence-electron chi connectivity index (χ1n) is 6.16. The van der Waals surface area contributed by atoms with Crippen molar-refractivity contribution >= 4 is 45.2 Å². The van der Waals surface area contributed by atoms with Crippen LogP contribution in [0.3, 0.4) is 0 Å². The van der Waals surface area contributed by atoms with E-state index < -0.39 is 0 Å². The van der Waals surface area contributed by atoms with Crippen LogP contribution >= 0.6 is 45.2 Å². The van der Waals surface area contributed by atoms with Crippen LogP contribution in [-0.2, 0) is 5.41 Å². The van der Waals surface area contributed by atoms with Gasteiger partial charge < -0.3 is 0 Å². The van der Waals surface area contributed by atoms with Crippen molar-refractivity contribution in [2.24, 2.45) is 5.92 Å². The second kappa shape index (κ2) is 4.22. The zero-order valence-electron chi connectivity index (χ0n) is 10.1. The summed E-state index contributed by atoms with van der Waals surface area (Å²) in [6, 6.07) is 7.03. The van der Waals surface area contributed by atoms with E-state index >= 15 is 0 Å². The van der Waals surface area contributed by atoms with Crippen molar-refractivity contribution in [3.05, 3.63) is 42.6 Å². The first-order chi connectivity index (χ1) is 8.00. The van der Waals surface area contributed by atoms with Crippen LogP contribution in [0.25, 0.3) is 0 Å². The number of fused-ring (bicyclic) bond motifs is 3. The molecule has 0 saturated heterocycles. The van der Waals surface area contributed by atoms with Gasteiger partial charge in [-0.1, -0.05) is 26.0 Å². The second-order valence-electron chi connectivity index (χ2n) is 5.74. The normalized spacial score (nSPS) is 29.5.